The molecule has 106 valence electrons. The monoisotopic (exact) mass is 276 g/mol. The number of nitrogens with zero attached hydrogens (tertiary/aromatic N) is 2. The number of rotatable bonds is 4. The van der Waals surface area contributed by atoms with Gasteiger partial charge < -0.3 is 19.1 Å². The SMILES string of the molecule is COC1(Cn2cnc3ccc(C(=O)O)cc32)CCOC1. The molecule has 0 spiro atoms. The summed E-state index contributed by atoms with van der Waals surface area (Å²) in [6, 6.07) is 4.93. The molecule has 1 unspecified atom stereocenters. The zero-order chi connectivity index (χ0) is 14.2. The number of hydrogen-bond donors (Lipinski definition) is 1. The molecule has 0 saturated carbocycles. The van der Waals surface area contributed by atoms with E-state index < -0.39 is 5.97 Å². The number of ether oxygens (including phenoxy) is 2. The smallest absolute Gasteiger partial charge is 0.335 e. The van der Waals surface area contributed by atoms with Gasteiger partial charge in [0, 0.05) is 20.1 Å². The van der Waals surface area contributed by atoms with Gasteiger partial charge in [-0.25, -0.2) is 9.78 Å². The second kappa shape index (κ2) is 4.88. The Hall–Kier alpha value is -1.92. The summed E-state index contributed by atoms with van der Waals surface area (Å²) in [5, 5.41) is 9.08. The van der Waals surface area contributed by atoms with Crippen LogP contribution >= 0.6 is 0 Å². The molecule has 3 rings (SSSR count). The number of carbonyl (C=O) groups is 1. The number of carboxylic acid groups (broad SMARTS) is 1. The van der Waals surface area contributed by atoms with Gasteiger partial charge >= 0.3 is 5.97 Å². The van der Waals surface area contributed by atoms with E-state index in [2.05, 4.69) is 4.98 Å². The average molecular weight is 276 g/mol. The second-order valence-corrected chi connectivity index (χ2v) is 5.07. The molecule has 6 heteroatoms. The van der Waals surface area contributed by atoms with Crippen LogP contribution < -0.4 is 0 Å². The number of carboxylic acids is 1. The third kappa shape index (κ3) is 2.17. The average Bonchev–Trinajstić information content (AvgIpc) is 3.07. The summed E-state index contributed by atoms with van der Waals surface area (Å²) in [6.07, 6.45) is 2.54. The lowest BCUT2D eigenvalue weighted by molar-refractivity contribution is -0.0287. The Morgan fingerprint density at radius 1 is 1.60 bits per heavy atom. The maximum absolute atomic E-state index is 11.1. The largest absolute Gasteiger partial charge is 0.478 e. The predicted molar refractivity (Wildman–Crippen MR) is 71.9 cm³/mol. The topological polar surface area (TPSA) is 73.6 Å². The Balaban J connectivity index is 1.98. The summed E-state index contributed by atoms with van der Waals surface area (Å²) in [5.74, 6) is -0.940. The second-order valence-electron chi connectivity index (χ2n) is 5.07. The molecule has 1 N–H and O–H groups in total. The van der Waals surface area contributed by atoms with Crippen molar-refractivity contribution in [1.29, 1.82) is 0 Å². The fourth-order valence-electron chi connectivity index (χ4n) is 2.56. The van der Waals surface area contributed by atoms with Crippen molar-refractivity contribution in [1.82, 2.24) is 9.55 Å². The summed E-state index contributed by atoms with van der Waals surface area (Å²) in [4.78, 5) is 15.4. The first kappa shape index (κ1) is 13.1. The molecule has 0 amide bonds. The first-order valence-electron chi connectivity index (χ1n) is 6.45. The first-order valence-corrected chi connectivity index (χ1v) is 6.45. The van der Waals surface area contributed by atoms with Crippen molar-refractivity contribution in [3.05, 3.63) is 30.1 Å². The van der Waals surface area contributed by atoms with Crippen LogP contribution in [0.3, 0.4) is 0 Å². The van der Waals surface area contributed by atoms with Crippen molar-refractivity contribution >= 4 is 17.0 Å². The van der Waals surface area contributed by atoms with Gasteiger partial charge in [-0.15, -0.1) is 0 Å². The molecule has 0 aliphatic carbocycles. The molecule has 1 fully saturated rings. The first-order chi connectivity index (χ1) is 9.63. The molecule has 1 aromatic heterocycles. The highest BCUT2D eigenvalue weighted by atomic mass is 16.5. The molecular formula is C14H16N2O4. The van der Waals surface area contributed by atoms with Crippen molar-refractivity contribution in [2.45, 2.75) is 18.6 Å². The van der Waals surface area contributed by atoms with Crippen molar-refractivity contribution in [2.24, 2.45) is 0 Å². The third-order valence-corrected chi connectivity index (χ3v) is 3.83. The summed E-state index contributed by atoms with van der Waals surface area (Å²) in [6.45, 7) is 1.83. The van der Waals surface area contributed by atoms with Crippen LogP contribution in [-0.4, -0.2) is 46.6 Å². The minimum absolute atomic E-state index is 0.258. The Kier molecular flexibility index (Phi) is 3.19. The maximum atomic E-state index is 11.1. The number of imidazole rings is 1. The lowest BCUT2D eigenvalue weighted by atomic mass is 10.0. The fourth-order valence-corrected chi connectivity index (χ4v) is 2.56. The number of hydrogen-bond acceptors (Lipinski definition) is 4. The van der Waals surface area contributed by atoms with Gasteiger partial charge in [0.25, 0.3) is 0 Å². The van der Waals surface area contributed by atoms with Crippen LogP contribution in [0.5, 0.6) is 0 Å². The van der Waals surface area contributed by atoms with E-state index in [4.69, 9.17) is 14.6 Å². The highest BCUT2D eigenvalue weighted by Crippen LogP contribution is 2.26. The van der Waals surface area contributed by atoms with Gasteiger partial charge in [-0.1, -0.05) is 0 Å². The molecule has 1 atom stereocenters. The highest BCUT2D eigenvalue weighted by molar-refractivity contribution is 5.92. The van der Waals surface area contributed by atoms with Crippen LogP contribution in [-0.2, 0) is 16.0 Å². The molecule has 0 bridgehead atoms. The number of benzene rings is 1. The van der Waals surface area contributed by atoms with Crippen LogP contribution in [0.4, 0.5) is 0 Å². The van der Waals surface area contributed by atoms with Crippen LogP contribution in [0.15, 0.2) is 24.5 Å². The molecule has 6 nitrogen and oxygen atoms in total. The number of aromatic nitrogens is 2. The fraction of sp³-hybridized carbons (Fsp3) is 0.429. The standard InChI is InChI=1S/C14H16N2O4/c1-19-14(4-5-20-8-14)7-16-9-15-11-3-2-10(13(17)18)6-12(11)16/h2-3,6,9H,4-5,7-8H2,1H3,(H,17,18). The van der Waals surface area contributed by atoms with E-state index >= 15 is 0 Å². The van der Waals surface area contributed by atoms with E-state index in [-0.39, 0.29) is 11.2 Å². The summed E-state index contributed by atoms with van der Waals surface area (Å²) >= 11 is 0. The maximum Gasteiger partial charge on any atom is 0.335 e. The van der Waals surface area contributed by atoms with E-state index in [0.29, 0.717) is 19.8 Å². The van der Waals surface area contributed by atoms with Gasteiger partial charge in [0.15, 0.2) is 0 Å². The van der Waals surface area contributed by atoms with E-state index in [1.54, 1.807) is 31.6 Å². The van der Waals surface area contributed by atoms with Crippen LogP contribution in [0, 0.1) is 0 Å². The predicted octanol–water partition coefficient (Wildman–Crippen LogP) is 1.54. The van der Waals surface area contributed by atoms with Crippen LogP contribution in [0.2, 0.25) is 0 Å². The van der Waals surface area contributed by atoms with Crippen LogP contribution in [0.1, 0.15) is 16.8 Å². The summed E-state index contributed by atoms with van der Waals surface area (Å²) in [5.41, 5.74) is 1.48. The lowest BCUT2D eigenvalue weighted by Crippen LogP contribution is -2.36. The number of aromatic carboxylic acids is 1. The zero-order valence-electron chi connectivity index (χ0n) is 11.2. The van der Waals surface area contributed by atoms with Crippen molar-refractivity contribution in [3.8, 4) is 0 Å². The van der Waals surface area contributed by atoms with Crippen molar-refractivity contribution < 1.29 is 19.4 Å². The van der Waals surface area contributed by atoms with E-state index in [9.17, 15) is 4.79 Å². The van der Waals surface area contributed by atoms with Crippen LogP contribution in [0.25, 0.3) is 11.0 Å². The number of fused-ring (bicyclic) bond motifs is 1. The van der Waals surface area contributed by atoms with Gasteiger partial charge in [0.1, 0.15) is 5.60 Å². The molecule has 1 aromatic carbocycles. The minimum Gasteiger partial charge on any atom is -0.478 e. The van der Waals surface area contributed by atoms with E-state index in [1.807, 2.05) is 4.57 Å². The normalized spacial score (nSPS) is 22.4. The van der Waals surface area contributed by atoms with Gasteiger partial charge in [0.05, 0.1) is 36.1 Å². The molecule has 1 aliphatic heterocycles. The highest BCUT2D eigenvalue weighted by Gasteiger charge is 2.35. The Morgan fingerprint density at radius 3 is 3.10 bits per heavy atom. The summed E-state index contributed by atoms with van der Waals surface area (Å²) < 4.78 is 13.0. The third-order valence-electron chi connectivity index (χ3n) is 3.83. The Labute approximate surface area is 115 Å². The van der Waals surface area contributed by atoms with Gasteiger partial charge in [-0.05, 0) is 18.2 Å². The van der Waals surface area contributed by atoms with E-state index in [0.717, 1.165) is 17.5 Å². The minimum atomic E-state index is -0.940. The van der Waals surface area contributed by atoms with Gasteiger partial charge in [0.2, 0.25) is 0 Å². The van der Waals surface area contributed by atoms with Gasteiger partial charge in [-0.3, -0.25) is 0 Å². The van der Waals surface area contributed by atoms with Crippen molar-refractivity contribution in [3.63, 3.8) is 0 Å². The molecular weight excluding hydrogens is 260 g/mol. The Bertz CT molecular complexity index is 644. The zero-order valence-corrected chi connectivity index (χ0v) is 11.2. The lowest BCUT2D eigenvalue weighted by Gasteiger charge is -2.26. The van der Waals surface area contributed by atoms with Gasteiger partial charge in [-0.2, -0.15) is 0 Å². The molecule has 2 heterocycles. The van der Waals surface area contributed by atoms with E-state index in [1.165, 1.54) is 0 Å². The molecule has 0 radical (unpaired) electrons. The quantitative estimate of drug-likeness (QED) is 0.917. The molecule has 2 aromatic rings. The summed E-state index contributed by atoms with van der Waals surface area (Å²) in [7, 11) is 1.68. The molecule has 1 aliphatic rings. The number of methoxy groups -OCH3 is 1. The van der Waals surface area contributed by atoms with Crippen molar-refractivity contribution in [2.75, 3.05) is 20.3 Å². The Morgan fingerprint density at radius 2 is 2.45 bits per heavy atom. The molecule has 20 heavy (non-hydrogen) atoms. The molecule has 1 saturated heterocycles.